The maximum atomic E-state index is 5.46. The Morgan fingerprint density at radius 3 is 2.92 bits per heavy atom. The van der Waals surface area contributed by atoms with E-state index in [0.29, 0.717) is 13.2 Å². The topological polar surface area (TPSA) is 84.2 Å². The molecule has 4 aromatic rings. The van der Waals surface area contributed by atoms with Crippen LogP contribution < -0.4 is 4.90 Å². The maximum absolute atomic E-state index is 5.46. The van der Waals surface area contributed by atoms with Gasteiger partial charge in [0.15, 0.2) is 5.65 Å². The van der Waals surface area contributed by atoms with Crippen LogP contribution in [0, 0.1) is 0 Å². The van der Waals surface area contributed by atoms with Crippen LogP contribution in [0.15, 0.2) is 37.2 Å². The van der Waals surface area contributed by atoms with Gasteiger partial charge in [0.1, 0.15) is 17.8 Å². The van der Waals surface area contributed by atoms with Crippen LogP contribution in [0.3, 0.4) is 0 Å². The largest absolute Gasteiger partial charge is 0.378 e. The molecule has 0 radical (unpaired) electrons. The van der Waals surface area contributed by atoms with E-state index in [0.717, 1.165) is 46.7 Å². The van der Waals surface area contributed by atoms with E-state index >= 15 is 0 Å². The highest BCUT2D eigenvalue weighted by Gasteiger charge is 2.21. The number of anilines is 1. The smallest absolute Gasteiger partial charge is 0.162 e. The third-order valence-corrected chi connectivity index (χ3v) is 4.33. The van der Waals surface area contributed by atoms with Gasteiger partial charge in [-0.05, 0) is 6.07 Å². The minimum Gasteiger partial charge on any atom is -0.378 e. The molecule has 1 saturated heterocycles. The molecule has 0 bridgehead atoms. The monoisotopic (exact) mass is 321 g/mol. The zero-order valence-corrected chi connectivity index (χ0v) is 12.9. The fourth-order valence-corrected chi connectivity index (χ4v) is 3.19. The molecule has 0 aromatic carbocycles. The number of H-pyrrole nitrogens is 1. The molecule has 0 saturated carbocycles. The Kier molecular flexibility index (Phi) is 2.95. The summed E-state index contributed by atoms with van der Waals surface area (Å²) in [4.78, 5) is 18.9. The van der Waals surface area contributed by atoms with Crippen molar-refractivity contribution in [3.63, 3.8) is 0 Å². The highest BCUT2D eigenvalue weighted by atomic mass is 16.5. The van der Waals surface area contributed by atoms with Gasteiger partial charge in [-0.15, -0.1) is 0 Å². The molecule has 24 heavy (non-hydrogen) atoms. The molecule has 0 atom stereocenters. The quantitative estimate of drug-likeness (QED) is 0.602. The lowest BCUT2D eigenvalue weighted by Gasteiger charge is -2.28. The van der Waals surface area contributed by atoms with Crippen molar-refractivity contribution >= 4 is 22.5 Å². The van der Waals surface area contributed by atoms with Crippen molar-refractivity contribution in [3.05, 3.63) is 37.2 Å². The first-order valence-corrected chi connectivity index (χ1v) is 7.85. The molecule has 1 N–H and O–H groups in total. The highest BCUT2D eigenvalue weighted by Crippen LogP contribution is 2.35. The van der Waals surface area contributed by atoms with Gasteiger partial charge >= 0.3 is 0 Å². The van der Waals surface area contributed by atoms with E-state index in [2.05, 4.69) is 29.9 Å². The molecule has 8 heteroatoms. The fourth-order valence-electron chi connectivity index (χ4n) is 3.19. The predicted molar refractivity (Wildman–Crippen MR) is 88.9 cm³/mol. The summed E-state index contributed by atoms with van der Waals surface area (Å²) in [6.07, 6.45) is 9.05. The minimum atomic E-state index is 0.712. The Hall–Kier alpha value is -3.00. The first-order valence-electron chi connectivity index (χ1n) is 7.85. The first-order chi connectivity index (χ1) is 11.9. The van der Waals surface area contributed by atoms with E-state index in [-0.39, 0.29) is 0 Å². The molecule has 1 aliphatic rings. The predicted octanol–water partition coefficient (Wildman–Crippen LogP) is 1.50. The molecule has 5 rings (SSSR count). The summed E-state index contributed by atoms with van der Waals surface area (Å²) < 4.78 is 7.23. The zero-order chi connectivity index (χ0) is 15.9. The second-order valence-corrected chi connectivity index (χ2v) is 5.67. The van der Waals surface area contributed by atoms with Gasteiger partial charge in [0.2, 0.25) is 0 Å². The van der Waals surface area contributed by atoms with Crippen molar-refractivity contribution in [2.24, 2.45) is 0 Å². The number of nitrogens with one attached hydrogen (secondary N) is 1. The lowest BCUT2D eigenvalue weighted by molar-refractivity contribution is 0.122. The van der Waals surface area contributed by atoms with Crippen molar-refractivity contribution < 1.29 is 4.74 Å². The lowest BCUT2D eigenvalue weighted by Crippen LogP contribution is -2.36. The molecule has 0 spiro atoms. The number of hydrogen-bond donors (Lipinski definition) is 1. The fraction of sp³-hybridized carbons (Fsp3) is 0.250. The number of nitrogens with zero attached hydrogens (tertiary/aromatic N) is 6. The van der Waals surface area contributed by atoms with Gasteiger partial charge in [-0.25, -0.2) is 19.5 Å². The number of hydrogen-bond acceptors (Lipinski definition) is 6. The number of fused-ring (bicyclic) bond motifs is 2. The Morgan fingerprint density at radius 2 is 2.00 bits per heavy atom. The van der Waals surface area contributed by atoms with E-state index < -0.39 is 0 Å². The maximum Gasteiger partial charge on any atom is 0.162 e. The van der Waals surface area contributed by atoms with Crippen LogP contribution in [0.4, 0.5) is 5.82 Å². The summed E-state index contributed by atoms with van der Waals surface area (Å²) in [6, 6.07) is 1.86. The number of ether oxygens (including phenoxy) is 1. The third kappa shape index (κ3) is 1.96. The van der Waals surface area contributed by atoms with Crippen molar-refractivity contribution in [1.29, 1.82) is 0 Å². The first kappa shape index (κ1) is 13.4. The van der Waals surface area contributed by atoms with Crippen LogP contribution in [0.5, 0.6) is 0 Å². The second-order valence-electron chi connectivity index (χ2n) is 5.67. The van der Waals surface area contributed by atoms with Crippen molar-refractivity contribution in [3.8, 4) is 11.1 Å². The number of aromatic nitrogens is 6. The van der Waals surface area contributed by atoms with Gasteiger partial charge in [-0.1, -0.05) is 0 Å². The Balaban J connectivity index is 1.74. The molecule has 1 fully saturated rings. The molecule has 1 aliphatic heterocycles. The molecule has 0 aliphatic carbocycles. The van der Waals surface area contributed by atoms with E-state index in [1.807, 2.05) is 24.7 Å². The Morgan fingerprint density at radius 1 is 1.08 bits per heavy atom. The minimum absolute atomic E-state index is 0.712. The van der Waals surface area contributed by atoms with Gasteiger partial charge < -0.3 is 14.6 Å². The van der Waals surface area contributed by atoms with Crippen molar-refractivity contribution in [1.82, 2.24) is 29.5 Å². The average Bonchev–Trinajstić information content (AvgIpc) is 3.26. The van der Waals surface area contributed by atoms with Crippen molar-refractivity contribution in [2.45, 2.75) is 0 Å². The molecule has 0 amide bonds. The number of morpholine rings is 1. The summed E-state index contributed by atoms with van der Waals surface area (Å²) in [5.41, 5.74) is 3.61. The summed E-state index contributed by atoms with van der Waals surface area (Å²) in [7, 11) is 0. The third-order valence-electron chi connectivity index (χ3n) is 4.33. The standard InChI is InChI=1S/C16H15N7O/c1-2-17-15-12(9-21-23(15)3-1)11-8-18-14-13(11)16(20-10-19-14)22-4-6-24-7-5-22/h1-3,8-10H,4-7H2,(H,18,19,20). The highest BCUT2D eigenvalue weighted by molar-refractivity contribution is 6.03. The Labute approximate surface area is 137 Å². The van der Waals surface area contributed by atoms with E-state index in [1.165, 1.54) is 0 Å². The normalized spacial score (nSPS) is 15.4. The molecule has 8 nitrogen and oxygen atoms in total. The van der Waals surface area contributed by atoms with E-state index in [4.69, 9.17) is 4.74 Å². The molecular weight excluding hydrogens is 306 g/mol. The summed E-state index contributed by atoms with van der Waals surface area (Å²) in [5.74, 6) is 0.926. The van der Waals surface area contributed by atoms with Gasteiger partial charge in [0.25, 0.3) is 0 Å². The van der Waals surface area contributed by atoms with Crippen LogP contribution in [0.1, 0.15) is 0 Å². The van der Waals surface area contributed by atoms with Crippen LogP contribution in [-0.2, 0) is 4.74 Å². The van der Waals surface area contributed by atoms with Crippen LogP contribution >= 0.6 is 0 Å². The van der Waals surface area contributed by atoms with Crippen LogP contribution in [0.25, 0.3) is 27.8 Å². The SMILES string of the molecule is c1cnc2c(-c3c[nH]c4ncnc(N5CCOCC5)c34)cnn2c1. The van der Waals surface area contributed by atoms with Crippen LogP contribution in [-0.4, -0.2) is 55.9 Å². The zero-order valence-electron chi connectivity index (χ0n) is 12.9. The molecule has 5 heterocycles. The van der Waals surface area contributed by atoms with E-state index in [9.17, 15) is 0 Å². The Bertz CT molecular complexity index is 1020. The number of aromatic amines is 1. The van der Waals surface area contributed by atoms with Gasteiger partial charge in [-0.3, -0.25) is 0 Å². The van der Waals surface area contributed by atoms with Gasteiger partial charge in [0, 0.05) is 42.8 Å². The van der Waals surface area contributed by atoms with Crippen molar-refractivity contribution in [2.75, 3.05) is 31.2 Å². The summed E-state index contributed by atoms with van der Waals surface area (Å²) in [6.45, 7) is 3.07. The average molecular weight is 321 g/mol. The molecule has 4 aromatic heterocycles. The molecule has 0 unspecified atom stereocenters. The van der Waals surface area contributed by atoms with E-state index in [1.54, 1.807) is 17.0 Å². The number of rotatable bonds is 2. The van der Waals surface area contributed by atoms with Crippen LogP contribution in [0.2, 0.25) is 0 Å². The lowest BCUT2D eigenvalue weighted by atomic mass is 10.1. The molecular formula is C16H15N7O. The van der Waals surface area contributed by atoms with Gasteiger partial charge in [-0.2, -0.15) is 5.10 Å². The summed E-state index contributed by atoms with van der Waals surface area (Å²) in [5, 5.41) is 5.39. The summed E-state index contributed by atoms with van der Waals surface area (Å²) >= 11 is 0. The second kappa shape index (κ2) is 5.27. The van der Waals surface area contributed by atoms with Gasteiger partial charge in [0.05, 0.1) is 24.8 Å². The molecule has 120 valence electrons.